The molecule has 40 heavy (non-hydrogen) atoms. The average molecular weight is 555 g/mol. The van der Waals surface area contributed by atoms with Crippen molar-refractivity contribution in [3.05, 3.63) is 121 Å². The molecule has 0 unspecified atom stereocenters. The lowest BCUT2D eigenvalue weighted by Crippen LogP contribution is -2.40. The molecule has 3 aromatic carbocycles. The number of hydrogen-bond acceptors (Lipinski definition) is 8. The molecule has 1 aliphatic heterocycles. The predicted octanol–water partition coefficient (Wildman–Crippen LogP) is 3.87. The van der Waals surface area contributed by atoms with Gasteiger partial charge in [0.25, 0.3) is 5.56 Å². The third-order valence-electron chi connectivity index (χ3n) is 6.22. The number of fused-ring (bicyclic) bond motifs is 1. The van der Waals surface area contributed by atoms with Crippen LogP contribution in [0.3, 0.4) is 0 Å². The van der Waals surface area contributed by atoms with Crippen molar-refractivity contribution in [2.24, 2.45) is 4.99 Å². The Morgan fingerprint density at radius 2 is 1.75 bits per heavy atom. The van der Waals surface area contributed by atoms with Crippen molar-refractivity contribution in [2.45, 2.75) is 19.9 Å². The van der Waals surface area contributed by atoms with Gasteiger partial charge in [-0.05, 0) is 48.4 Å². The van der Waals surface area contributed by atoms with Gasteiger partial charge in [0, 0.05) is 12.5 Å². The summed E-state index contributed by atoms with van der Waals surface area (Å²) in [7, 11) is 1.56. The number of thiazole rings is 1. The summed E-state index contributed by atoms with van der Waals surface area (Å²) in [5.74, 6) is 0.0446. The highest BCUT2D eigenvalue weighted by atomic mass is 32.1. The molecule has 0 radical (unpaired) electrons. The number of carbonyl (C=O) groups excluding carboxylic acids is 2. The number of rotatable bonds is 7. The lowest BCUT2D eigenvalue weighted by molar-refractivity contribution is -0.139. The van der Waals surface area contributed by atoms with Gasteiger partial charge >= 0.3 is 11.9 Å². The molecule has 0 aliphatic carbocycles. The van der Waals surface area contributed by atoms with Gasteiger partial charge in [-0.3, -0.25) is 14.2 Å². The molecule has 9 heteroatoms. The highest BCUT2D eigenvalue weighted by molar-refractivity contribution is 7.07. The van der Waals surface area contributed by atoms with Gasteiger partial charge in [0.1, 0.15) is 11.5 Å². The second-order valence-corrected chi connectivity index (χ2v) is 9.88. The SMILES string of the molecule is CCOC(=O)C1=C(c2ccccc2)N=c2s/c(=C\c3ccc(OC(C)=O)cc3)c(=O)n2[C@@H]1c1cccc(OC)c1. The lowest BCUT2D eigenvalue weighted by Gasteiger charge is -2.26. The summed E-state index contributed by atoms with van der Waals surface area (Å²) >= 11 is 1.23. The van der Waals surface area contributed by atoms with Crippen LogP contribution in [0.15, 0.2) is 94.2 Å². The number of ether oxygens (including phenoxy) is 3. The molecule has 0 saturated carbocycles. The fourth-order valence-electron chi connectivity index (χ4n) is 4.52. The maximum atomic E-state index is 13.9. The minimum Gasteiger partial charge on any atom is -0.497 e. The number of benzene rings is 3. The lowest BCUT2D eigenvalue weighted by atomic mass is 9.93. The van der Waals surface area contributed by atoms with E-state index in [-0.39, 0.29) is 17.7 Å². The van der Waals surface area contributed by atoms with E-state index in [2.05, 4.69) is 0 Å². The number of esters is 2. The molecule has 0 saturated heterocycles. The normalized spacial score (nSPS) is 14.8. The second kappa shape index (κ2) is 11.5. The Morgan fingerprint density at radius 1 is 1.00 bits per heavy atom. The van der Waals surface area contributed by atoms with Crippen molar-refractivity contribution in [1.29, 1.82) is 0 Å². The van der Waals surface area contributed by atoms with E-state index in [0.29, 0.717) is 32.1 Å². The van der Waals surface area contributed by atoms with Crippen LogP contribution >= 0.6 is 11.3 Å². The Kier molecular flexibility index (Phi) is 7.75. The zero-order chi connectivity index (χ0) is 28.2. The molecular weight excluding hydrogens is 528 g/mol. The summed E-state index contributed by atoms with van der Waals surface area (Å²) < 4.78 is 18.0. The summed E-state index contributed by atoms with van der Waals surface area (Å²) in [5.41, 5.74) is 2.58. The van der Waals surface area contributed by atoms with Crippen LogP contribution in [0.4, 0.5) is 0 Å². The molecule has 0 N–H and O–H groups in total. The largest absolute Gasteiger partial charge is 0.497 e. The van der Waals surface area contributed by atoms with Crippen molar-refractivity contribution in [2.75, 3.05) is 13.7 Å². The van der Waals surface area contributed by atoms with Crippen molar-refractivity contribution in [1.82, 2.24) is 4.57 Å². The molecule has 0 spiro atoms. The molecule has 8 nitrogen and oxygen atoms in total. The summed E-state index contributed by atoms with van der Waals surface area (Å²) in [6.45, 7) is 3.24. The van der Waals surface area contributed by atoms with Crippen LogP contribution in [0.5, 0.6) is 11.5 Å². The Labute approximate surface area is 234 Å². The maximum absolute atomic E-state index is 13.9. The first-order valence-electron chi connectivity index (χ1n) is 12.6. The van der Waals surface area contributed by atoms with E-state index in [1.165, 1.54) is 22.8 Å². The zero-order valence-electron chi connectivity index (χ0n) is 22.1. The van der Waals surface area contributed by atoms with Gasteiger partial charge in [-0.15, -0.1) is 0 Å². The summed E-state index contributed by atoms with van der Waals surface area (Å²) in [5, 5.41) is 0. The van der Waals surface area contributed by atoms with Crippen LogP contribution < -0.4 is 24.4 Å². The number of carbonyl (C=O) groups is 2. The van der Waals surface area contributed by atoms with Crippen LogP contribution in [0.25, 0.3) is 11.8 Å². The molecule has 1 aliphatic rings. The molecule has 1 aromatic heterocycles. The molecule has 5 rings (SSSR count). The zero-order valence-corrected chi connectivity index (χ0v) is 22.9. The van der Waals surface area contributed by atoms with Crippen LogP contribution in [0.2, 0.25) is 0 Å². The van der Waals surface area contributed by atoms with Crippen LogP contribution in [0, 0.1) is 0 Å². The number of aromatic nitrogens is 1. The molecule has 202 valence electrons. The molecule has 1 atom stereocenters. The van der Waals surface area contributed by atoms with Gasteiger partial charge in [-0.1, -0.05) is 65.9 Å². The smallest absolute Gasteiger partial charge is 0.338 e. The number of hydrogen-bond donors (Lipinski definition) is 0. The summed E-state index contributed by atoms with van der Waals surface area (Å²) in [4.78, 5) is 44.0. The fraction of sp³-hybridized carbons (Fsp3) is 0.161. The third-order valence-corrected chi connectivity index (χ3v) is 7.21. The van der Waals surface area contributed by atoms with E-state index in [1.54, 1.807) is 50.4 Å². The molecule has 0 amide bonds. The first kappa shape index (κ1) is 26.8. The fourth-order valence-corrected chi connectivity index (χ4v) is 5.52. The quantitative estimate of drug-likeness (QED) is 0.254. The van der Waals surface area contributed by atoms with E-state index >= 15 is 0 Å². The average Bonchev–Trinajstić information content (AvgIpc) is 3.27. The van der Waals surface area contributed by atoms with Gasteiger partial charge in [0.05, 0.1) is 35.6 Å². The van der Waals surface area contributed by atoms with Gasteiger partial charge in [-0.2, -0.15) is 0 Å². The van der Waals surface area contributed by atoms with Gasteiger partial charge in [0.15, 0.2) is 4.80 Å². The summed E-state index contributed by atoms with van der Waals surface area (Å²) in [6, 6.07) is 22.7. The number of methoxy groups -OCH3 is 1. The molecule has 0 bridgehead atoms. The van der Waals surface area contributed by atoms with E-state index in [0.717, 1.165) is 11.1 Å². The van der Waals surface area contributed by atoms with Gasteiger partial charge in [0.2, 0.25) is 0 Å². The van der Waals surface area contributed by atoms with Crippen LogP contribution in [-0.2, 0) is 14.3 Å². The van der Waals surface area contributed by atoms with E-state index in [4.69, 9.17) is 19.2 Å². The maximum Gasteiger partial charge on any atom is 0.338 e. The first-order valence-corrected chi connectivity index (χ1v) is 13.4. The molecule has 4 aromatic rings. The minimum absolute atomic E-state index is 0.170. The highest BCUT2D eigenvalue weighted by Crippen LogP contribution is 2.36. The molecule has 0 fully saturated rings. The Hall–Kier alpha value is -4.76. The standard InChI is InChI=1S/C31H26N2O6S/c1-4-38-30(36)26-27(21-9-6-5-7-10-21)32-31-33(28(26)22-11-8-12-24(18-22)37-3)29(35)25(40-31)17-20-13-15-23(16-14-20)39-19(2)34/h5-18,28H,4H2,1-3H3/b25-17-/t28-/m1/s1. The summed E-state index contributed by atoms with van der Waals surface area (Å²) in [6.07, 6.45) is 1.75. The Balaban J connectivity index is 1.76. The van der Waals surface area contributed by atoms with Crippen LogP contribution in [0.1, 0.15) is 36.6 Å². The van der Waals surface area contributed by atoms with Crippen molar-refractivity contribution >= 4 is 35.0 Å². The van der Waals surface area contributed by atoms with Gasteiger partial charge < -0.3 is 14.2 Å². The van der Waals surface area contributed by atoms with E-state index in [1.807, 2.05) is 48.5 Å². The van der Waals surface area contributed by atoms with E-state index in [9.17, 15) is 14.4 Å². The number of nitrogens with zero attached hydrogens (tertiary/aromatic N) is 2. The molecule has 2 heterocycles. The topological polar surface area (TPSA) is 96.2 Å². The Bertz CT molecular complexity index is 1790. The third kappa shape index (κ3) is 5.37. The van der Waals surface area contributed by atoms with Crippen molar-refractivity contribution in [3.8, 4) is 11.5 Å². The monoisotopic (exact) mass is 554 g/mol. The minimum atomic E-state index is -0.797. The predicted molar refractivity (Wildman–Crippen MR) is 152 cm³/mol. The van der Waals surface area contributed by atoms with Crippen molar-refractivity contribution < 1.29 is 23.8 Å². The second-order valence-electron chi connectivity index (χ2n) is 8.87. The van der Waals surface area contributed by atoms with Crippen LogP contribution in [-0.4, -0.2) is 30.2 Å². The highest BCUT2D eigenvalue weighted by Gasteiger charge is 2.35. The molecular formula is C31H26N2O6S. The Morgan fingerprint density at radius 3 is 2.42 bits per heavy atom. The van der Waals surface area contributed by atoms with Crippen molar-refractivity contribution in [3.63, 3.8) is 0 Å². The van der Waals surface area contributed by atoms with Gasteiger partial charge in [-0.25, -0.2) is 9.79 Å². The van der Waals surface area contributed by atoms with E-state index < -0.39 is 18.0 Å². The first-order chi connectivity index (χ1) is 19.4.